The third-order valence-corrected chi connectivity index (χ3v) is 5.11. The molecule has 1 fully saturated rings. The van der Waals surface area contributed by atoms with Crippen molar-refractivity contribution < 1.29 is 13.2 Å². The number of piperidine rings is 1. The molecular formula is C18H25F3N2. The molecule has 0 saturated carbocycles. The summed E-state index contributed by atoms with van der Waals surface area (Å²) in [4.78, 5) is 4.01. The lowest BCUT2D eigenvalue weighted by Gasteiger charge is -2.36. The monoisotopic (exact) mass is 326 g/mol. The Morgan fingerprint density at radius 2 is 1.83 bits per heavy atom. The third-order valence-electron chi connectivity index (χ3n) is 5.11. The van der Waals surface area contributed by atoms with Crippen LogP contribution in [0.3, 0.4) is 0 Å². The molecule has 2 heterocycles. The van der Waals surface area contributed by atoms with Crippen molar-refractivity contribution in [1.29, 1.82) is 0 Å². The van der Waals surface area contributed by atoms with Gasteiger partial charge in [0.2, 0.25) is 0 Å². The summed E-state index contributed by atoms with van der Waals surface area (Å²) in [5, 5.41) is 0. The molecule has 1 aromatic carbocycles. The van der Waals surface area contributed by atoms with Gasteiger partial charge in [0.1, 0.15) is 0 Å². The molecule has 0 amide bonds. The number of alkyl halides is 3. The molecule has 23 heavy (non-hydrogen) atoms. The molecule has 0 radical (unpaired) electrons. The fraction of sp³-hybridized carbons (Fsp3) is 0.667. The summed E-state index contributed by atoms with van der Waals surface area (Å²) in [6.07, 6.45) is 0.458. The highest BCUT2D eigenvalue weighted by Gasteiger charge is 2.35. The summed E-state index contributed by atoms with van der Waals surface area (Å²) in [5.41, 5.74) is 3.58. The Morgan fingerprint density at radius 1 is 1.09 bits per heavy atom. The van der Waals surface area contributed by atoms with E-state index in [2.05, 4.69) is 17.0 Å². The first kappa shape index (κ1) is 16.8. The molecule has 3 rings (SSSR count). The molecule has 0 N–H and O–H groups in total. The molecule has 0 aliphatic carbocycles. The molecule has 1 unspecified atom stereocenters. The second-order valence-corrected chi connectivity index (χ2v) is 6.88. The number of rotatable bonds is 3. The van der Waals surface area contributed by atoms with Crippen LogP contribution in [0.1, 0.15) is 48.9 Å². The molecular weight excluding hydrogens is 301 g/mol. The summed E-state index contributed by atoms with van der Waals surface area (Å²) in [6, 6.07) is 6.19. The Bertz CT molecular complexity index is 536. The second kappa shape index (κ2) is 6.81. The smallest absolute Gasteiger partial charge is 0.299 e. The first-order valence-electron chi connectivity index (χ1n) is 8.57. The number of hydrogen-bond donors (Lipinski definition) is 0. The van der Waals surface area contributed by atoms with Gasteiger partial charge in [-0.25, -0.2) is 0 Å². The van der Waals surface area contributed by atoms with Crippen LogP contribution in [0.5, 0.6) is 0 Å². The fourth-order valence-corrected chi connectivity index (χ4v) is 3.86. The molecule has 0 bridgehead atoms. The van der Waals surface area contributed by atoms with Crippen LogP contribution < -0.4 is 0 Å². The number of likely N-dealkylation sites (tertiary alicyclic amines) is 1. The minimum absolute atomic E-state index is 0.163. The molecule has 1 aromatic rings. The van der Waals surface area contributed by atoms with Gasteiger partial charge < -0.3 is 0 Å². The Labute approximate surface area is 136 Å². The summed E-state index contributed by atoms with van der Waals surface area (Å²) in [6.45, 7) is 4.84. The van der Waals surface area contributed by atoms with E-state index < -0.39 is 12.7 Å². The van der Waals surface area contributed by atoms with Crippen LogP contribution in [0.15, 0.2) is 18.2 Å². The predicted molar refractivity (Wildman–Crippen MR) is 85.3 cm³/mol. The standard InChI is InChI=1S/C18H25F3N2/c1-14-17-6-5-15(12-22-8-3-2-4-9-22)11-16(17)7-10-23(14)13-18(19,20)21/h5-6,11,14H,2-4,7-10,12-13H2,1H3. The molecule has 5 heteroatoms. The maximum Gasteiger partial charge on any atom is 0.401 e. The Morgan fingerprint density at radius 3 is 2.52 bits per heavy atom. The summed E-state index contributed by atoms with van der Waals surface area (Å²) in [7, 11) is 0. The van der Waals surface area contributed by atoms with Crippen LogP contribution in [0.25, 0.3) is 0 Å². The van der Waals surface area contributed by atoms with E-state index in [4.69, 9.17) is 0 Å². The lowest BCUT2D eigenvalue weighted by molar-refractivity contribution is -0.151. The van der Waals surface area contributed by atoms with Gasteiger partial charge in [-0.1, -0.05) is 24.6 Å². The molecule has 2 aliphatic rings. The van der Waals surface area contributed by atoms with Crippen molar-refractivity contribution in [3.8, 4) is 0 Å². The number of fused-ring (bicyclic) bond motifs is 1. The highest BCUT2D eigenvalue weighted by Crippen LogP contribution is 2.32. The minimum Gasteiger partial charge on any atom is -0.299 e. The van der Waals surface area contributed by atoms with Gasteiger partial charge in [0.15, 0.2) is 0 Å². The zero-order valence-corrected chi connectivity index (χ0v) is 13.7. The first-order chi connectivity index (χ1) is 10.9. The largest absolute Gasteiger partial charge is 0.401 e. The van der Waals surface area contributed by atoms with E-state index in [9.17, 15) is 13.2 Å². The second-order valence-electron chi connectivity index (χ2n) is 6.88. The Balaban J connectivity index is 1.69. The van der Waals surface area contributed by atoms with Gasteiger partial charge in [0.05, 0.1) is 6.54 Å². The summed E-state index contributed by atoms with van der Waals surface area (Å²) >= 11 is 0. The van der Waals surface area contributed by atoms with Gasteiger partial charge in [0.25, 0.3) is 0 Å². The van der Waals surface area contributed by atoms with E-state index in [0.717, 1.165) is 25.2 Å². The van der Waals surface area contributed by atoms with Crippen molar-refractivity contribution in [2.24, 2.45) is 0 Å². The molecule has 1 atom stereocenters. The maximum atomic E-state index is 12.7. The topological polar surface area (TPSA) is 6.48 Å². The average molecular weight is 326 g/mol. The van der Waals surface area contributed by atoms with E-state index in [0.29, 0.717) is 13.0 Å². The van der Waals surface area contributed by atoms with Crippen LogP contribution >= 0.6 is 0 Å². The van der Waals surface area contributed by atoms with E-state index in [1.54, 1.807) is 0 Å². The predicted octanol–water partition coefficient (Wildman–Crippen LogP) is 4.15. The van der Waals surface area contributed by atoms with Crippen LogP contribution in [-0.2, 0) is 13.0 Å². The van der Waals surface area contributed by atoms with Crippen LogP contribution in [0.4, 0.5) is 13.2 Å². The fourth-order valence-electron chi connectivity index (χ4n) is 3.86. The van der Waals surface area contributed by atoms with Gasteiger partial charge in [0, 0.05) is 19.1 Å². The molecule has 0 aromatic heterocycles. The van der Waals surface area contributed by atoms with Gasteiger partial charge >= 0.3 is 6.18 Å². The van der Waals surface area contributed by atoms with E-state index >= 15 is 0 Å². The molecule has 0 spiro atoms. The van der Waals surface area contributed by atoms with Crippen LogP contribution in [0.2, 0.25) is 0 Å². The highest BCUT2D eigenvalue weighted by atomic mass is 19.4. The number of halogens is 3. The van der Waals surface area contributed by atoms with Gasteiger partial charge in [-0.05, 0) is 56.0 Å². The lowest BCUT2D eigenvalue weighted by atomic mass is 9.91. The van der Waals surface area contributed by atoms with Crippen LogP contribution in [0, 0.1) is 0 Å². The SMILES string of the molecule is CC1c2ccc(CN3CCCCC3)cc2CCN1CC(F)(F)F. The quantitative estimate of drug-likeness (QED) is 0.823. The normalized spacial score (nSPS) is 23.7. The van der Waals surface area contributed by atoms with Crippen LogP contribution in [-0.4, -0.2) is 42.2 Å². The van der Waals surface area contributed by atoms with E-state index in [1.165, 1.54) is 35.3 Å². The van der Waals surface area contributed by atoms with Crippen molar-refractivity contribution in [3.05, 3.63) is 34.9 Å². The number of nitrogens with zero attached hydrogens (tertiary/aromatic N) is 2. The molecule has 128 valence electrons. The third kappa shape index (κ3) is 4.27. The van der Waals surface area contributed by atoms with Crippen molar-refractivity contribution in [3.63, 3.8) is 0 Å². The van der Waals surface area contributed by atoms with Crippen molar-refractivity contribution in [1.82, 2.24) is 9.80 Å². The van der Waals surface area contributed by atoms with Crippen molar-refractivity contribution >= 4 is 0 Å². The molecule has 2 aliphatic heterocycles. The number of benzene rings is 1. The van der Waals surface area contributed by atoms with E-state index in [1.807, 2.05) is 13.0 Å². The number of hydrogen-bond acceptors (Lipinski definition) is 2. The van der Waals surface area contributed by atoms with Crippen molar-refractivity contribution in [2.75, 3.05) is 26.2 Å². The van der Waals surface area contributed by atoms with Gasteiger partial charge in [-0.3, -0.25) is 9.80 Å². The molecule has 1 saturated heterocycles. The Kier molecular flexibility index (Phi) is 4.97. The zero-order chi connectivity index (χ0) is 16.4. The van der Waals surface area contributed by atoms with Gasteiger partial charge in [-0.2, -0.15) is 13.2 Å². The lowest BCUT2D eigenvalue weighted by Crippen LogP contribution is -2.40. The maximum absolute atomic E-state index is 12.7. The highest BCUT2D eigenvalue weighted by molar-refractivity contribution is 5.36. The molecule has 2 nitrogen and oxygen atoms in total. The zero-order valence-electron chi connectivity index (χ0n) is 13.7. The minimum atomic E-state index is -4.13. The van der Waals surface area contributed by atoms with Crippen molar-refractivity contribution in [2.45, 2.75) is 51.4 Å². The first-order valence-corrected chi connectivity index (χ1v) is 8.57. The van der Waals surface area contributed by atoms with Gasteiger partial charge in [-0.15, -0.1) is 0 Å². The summed E-state index contributed by atoms with van der Waals surface area (Å²) < 4.78 is 38.0. The summed E-state index contributed by atoms with van der Waals surface area (Å²) in [5.74, 6) is 0. The van der Waals surface area contributed by atoms with E-state index in [-0.39, 0.29) is 6.04 Å². The Hall–Kier alpha value is -1.07. The average Bonchev–Trinajstić information content (AvgIpc) is 2.50.